The Labute approximate surface area is 105 Å². The van der Waals surface area contributed by atoms with Crippen LogP contribution in [0.2, 0.25) is 0 Å². The maximum Gasteiger partial charge on any atom is 0.307 e. The number of hydrogen-bond acceptors (Lipinski definition) is 3. The predicted molar refractivity (Wildman–Crippen MR) is 62.8 cm³/mol. The maximum absolute atomic E-state index is 12.5. The van der Waals surface area contributed by atoms with E-state index in [4.69, 9.17) is 4.74 Å². The molecule has 1 saturated carbocycles. The van der Waals surface area contributed by atoms with E-state index in [0.29, 0.717) is 26.3 Å². The van der Waals surface area contributed by atoms with Gasteiger partial charge >= 0.3 is 5.97 Å². The molecule has 5 nitrogen and oxygen atoms in total. The zero-order valence-corrected chi connectivity index (χ0v) is 10.1. The summed E-state index contributed by atoms with van der Waals surface area (Å²) in [5.41, 5.74) is 0. The van der Waals surface area contributed by atoms with Crippen molar-refractivity contribution in [2.45, 2.75) is 6.42 Å². The summed E-state index contributed by atoms with van der Waals surface area (Å²) in [7, 11) is 0. The van der Waals surface area contributed by atoms with E-state index in [2.05, 4.69) is 0 Å². The highest BCUT2D eigenvalue weighted by atomic mass is 16.5. The number of carboxylic acid groups (broad SMARTS) is 1. The topological polar surface area (TPSA) is 66.8 Å². The number of ether oxygens (including phenoxy) is 1. The van der Waals surface area contributed by atoms with Gasteiger partial charge in [0.05, 0.1) is 25.0 Å². The van der Waals surface area contributed by atoms with Crippen LogP contribution in [0, 0.1) is 23.7 Å². The lowest BCUT2D eigenvalue weighted by Gasteiger charge is -2.33. The van der Waals surface area contributed by atoms with Crippen molar-refractivity contribution >= 4 is 11.9 Å². The summed E-state index contributed by atoms with van der Waals surface area (Å²) in [4.78, 5) is 25.6. The summed E-state index contributed by atoms with van der Waals surface area (Å²) in [5.74, 6) is -1.57. The van der Waals surface area contributed by atoms with E-state index < -0.39 is 11.9 Å². The quantitative estimate of drug-likeness (QED) is 0.720. The summed E-state index contributed by atoms with van der Waals surface area (Å²) in [6.45, 7) is 2.28. The Kier molecular flexibility index (Phi) is 2.86. The Morgan fingerprint density at radius 3 is 2.33 bits per heavy atom. The van der Waals surface area contributed by atoms with E-state index in [1.165, 1.54) is 0 Å². The molecule has 2 aliphatic carbocycles. The zero-order chi connectivity index (χ0) is 12.7. The summed E-state index contributed by atoms with van der Waals surface area (Å²) >= 11 is 0. The van der Waals surface area contributed by atoms with Gasteiger partial charge in [-0.25, -0.2) is 0 Å². The van der Waals surface area contributed by atoms with Crippen molar-refractivity contribution in [2.75, 3.05) is 26.3 Å². The number of rotatable bonds is 2. The molecule has 98 valence electrons. The first-order valence-corrected chi connectivity index (χ1v) is 6.46. The number of nitrogens with zero attached hydrogens (tertiary/aromatic N) is 1. The van der Waals surface area contributed by atoms with Crippen LogP contribution < -0.4 is 0 Å². The summed E-state index contributed by atoms with van der Waals surface area (Å²) in [6.07, 6.45) is 4.80. The molecule has 3 rings (SSSR count). The average molecular weight is 251 g/mol. The van der Waals surface area contributed by atoms with Gasteiger partial charge in [-0.2, -0.15) is 0 Å². The van der Waals surface area contributed by atoms with Crippen LogP contribution in [0.1, 0.15) is 6.42 Å². The van der Waals surface area contributed by atoms with Crippen LogP contribution in [0.15, 0.2) is 12.2 Å². The molecule has 1 saturated heterocycles. The maximum atomic E-state index is 12.5. The van der Waals surface area contributed by atoms with Gasteiger partial charge in [-0.15, -0.1) is 0 Å². The molecule has 0 aromatic carbocycles. The Morgan fingerprint density at radius 2 is 1.72 bits per heavy atom. The summed E-state index contributed by atoms with van der Waals surface area (Å²) in [6, 6.07) is 0. The minimum absolute atomic E-state index is 0.00236. The smallest absolute Gasteiger partial charge is 0.307 e. The number of carbonyl (C=O) groups is 2. The molecule has 1 amide bonds. The fourth-order valence-electron chi connectivity index (χ4n) is 3.49. The molecule has 0 unspecified atom stereocenters. The number of morpholine rings is 1. The van der Waals surface area contributed by atoms with Crippen LogP contribution >= 0.6 is 0 Å². The molecule has 3 aliphatic rings. The third-order valence-electron chi connectivity index (χ3n) is 4.35. The minimum Gasteiger partial charge on any atom is -0.481 e. The highest BCUT2D eigenvalue weighted by Gasteiger charge is 2.52. The van der Waals surface area contributed by atoms with Crippen molar-refractivity contribution in [2.24, 2.45) is 23.7 Å². The molecule has 0 aromatic heterocycles. The number of fused-ring (bicyclic) bond motifs is 2. The summed E-state index contributed by atoms with van der Waals surface area (Å²) < 4.78 is 5.22. The van der Waals surface area contributed by atoms with Crippen molar-refractivity contribution in [1.29, 1.82) is 0 Å². The van der Waals surface area contributed by atoms with E-state index in [1.54, 1.807) is 4.90 Å². The van der Waals surface area contributed by atoms with Crippen LogP contribution in [-0.2, 0) is 14.3 Å². The standard InChI is InChI=1S/C13H17NO4/c15-12(14-3-5-18-6-4-14)10-8-1-2-9(7-8)11(10)13(16)17/h1-2,8-11H,3-7H2,(H,16,17)/t8-,9-,10-,11+/m1/s1. The Bertz CT molecular complexity index is 400. The van der Waals surface area contributed by atoms with E-state index >= 15 is 0 Å². The number of aliphatic carboxylic acids is 1. The van der Waals surface area contributed by atoms with Gasteiger partial charge in [-0.1, -0.05) is 12.2 Å². The fourth-order valence-corrected chi connectivity index (χ4v) is 3.49. The van der Waals surface area contributed by atoms with E-state index in [1.807, 2.05) is 12.2 Å². The Balaban J connectivity index is 1.79. The molecule has 1 aliphatic heterocycles. The second-order valence-electron chi connectivity index (χ2n) is 5.28. The number of carboxylic acids is 1. The van der Waals surface area contributed by atoms with Crippen LogP contribution in [0.5, 0.6) is 0 Å². The first-order valence-electron chi connectivity index (χ1n) is 6.46. The molecule has 2 bridgehead atoms. The number of hydrogen-bond donors (Lipinski definition) is 1. The average Bonchev–Trinajstić information content (AvgIpc) is 2.99. The molecule has 2 fully saturated rings. The SMILES string of the molecule is O=C(O)[C@@H]1[C@H](C(=O)N2CCOCC2)[C@@H]2C=C[C@@H]1C2. The second kappa shape index (κ2) is 4.39. The molecule has 1 N–H and O–H groups in total. The van der Waals surface area contributed by atoms with Gasteiger partial charge in [0.25, 0.3) is 0 Å². The third kappa shape index (κ3) is 1.73. The zero-order valence-electron chi connectivity index (χ0n) is 10.1. The minimum atomic E-state index is -0.835. The summed E-state index contributed by atoms with van der Waals surface area (Å²) in [5, 5.41) is 9.32. The van der Waals surface area contributed by atoms with Crippen molar-refractivity contribution < 1.29 is 19.4 Å². The van der Waals surface area contributed by atoms with Gasteiger partial charge in [-0.3, -0.25) is 9.59 Å². The van der Waals surface area contributed by atoms with Crippen molar-refractivity contribution in [3.63, 3.8) is 0 Å². The van der Waals surface area contributed by atoms with Crippen LogP contribution in [0.4, 0.5) is 0 Å². The fraction of sp³-hybridized carbons (Fsp3) is 0.692. The van der Waals surface area contributed by atoms with Crippen molar-refractivity contribution in [3.05, 3.63) is 12.2 Å². The van der Waals surface area contributed by atoms with Gasteiger partial charge in [0.15, 0.2) is 0 Å². The van der Waals surface area contributed by atoms with E-state index in [-0.39, 0.29) is 23.7 Å². The Morgan fingerprint density at radius 1 is 1.11 bits per heavy atom. The molecule has 4 atom stereocenters. The number of amides is 1. The van der Waals surface area contributed by atoms with Crippen LogP contribution in [0.3, 0.4) is 0 Å². The number of allylic oxidation sites excluding steroid dienone is 2. The van der Waals surface area contributed by atoms with E-state index in [0.717, 1.165) is 6.42 Å². The number of carbonyl (C=O) groups excluding carboxylic acids is 1. The lowest BCUT2D eigenvalue weighted by molar-refractivity contribution is -0.152. The van der Waals surface area contributed by atoms with Gasteiger partial charge in [0, 0.05) is 13.1 Å². The molecule has 5 heteroatoms. The van der Waals surface area contributed by atoms with Gasteiger partial charge in [0.1, 0.15) is 0 Å². The van der Waals surface area contributed by atoms with Crippen LogP contribution in [0.25, 0.3) is 0 Å². The first-order chi connectivity index (χ1) is 8.68. The monoisotopic (exact) mass is 251 g/mol. The second-order valence-corrected chi connectivity index (χ2v) is 5.28. The van der Waals surface area contributed by atoms with Crippen molar-refractivity contribution in [1.82, 2.24) is 4.90 Å². The van der Waals surface area contributed by atoms with E-state index in [9.17, 15) is 14.7 Å². The lowest BCUT2D eigenvalue weighted by Crippen LogP contribution is -2.47. The molecule has 0 aromatic rings. The van der Waals surface area contributed by atoms with Crippen molar-refractivity contribution in [3.8, 4) is 0 Å². The molecule has 0 radical (unpaired) electrons. The highest BCUT2D eigenvalue weighted by molar-refractivity contribution is 5.87. The molecular formula is C13H17NO4. The Hall–Kier alpha value is -1.36. The lowest BCUT2D eigenvalue weighted by atomic mass is 9.82. The first kappa shape index (κ1) is 11.7. The molecular weight excluding hydrogens is 234 g/mol. The molecule has 1 heterocycles. The van der Waals surface area contributed by atoms with Crippen LogP contribution in [-0.4, -0.2) is 48.2 Å². The largest absolute Gasteiger partial charge is 0.481 e. The van der Waals surface area contributed by atoms with Gasteiger partial charge in [0.2, 0.25) is 5.91 Å². The van der Waals surface area contributed by atoms with Gasteiger partial charge in [-0.05, 0) is 18.3 Å². The normalized spacial score (nSPS) is 38.1. The third-order valence-corrected chi connectivity index (χ3v) is 4.35. The predicted octanol–water partition coefficient (Wildman–Crippen LogP) is 0.368. The molecule has 18 heavy (non-hydrogen) atoms. The van der Waals surface area contributed by atoms with Gasteiger partial charge < -0.3 is 14.7 Å². The highest BCUT2D eigenvalue weighted by Crippen LogP contribution is 2.48. The molecule has 0 spiro atoms.